The Morgan fingerprint density at radius 1 is 1.25 bits per heavy atom. The van der Waals surface area contributed by atoms with Crippen LogP contribution in [-0.2, 0) is 6.54 Å². The number of piperazine rings is 1. The Kier molecular flexibility index (Phi) is 2.78. The Balaban J connectivity index is 1.71. The van der Waals surface area contributed by atoms with E-state index in [0.717, 1.165) is 18.6 Å². The number of benzene rings is 1. The number of halogens is 1. The third-order valence-electron chi connectivity index (χ3n) is 3.96. The smallest absolute Gasteiger partial charge is 0.0249 e. The molecule has 0 saturated carbocycles. The van der Waals surface area contributed by atoms with Gasteiger partial charge < -0.3 is 4.90 Å². The number of fused-ring (bicyclic) bond motifs is 2. The van der Waals surface area contributed by atoms with Gasteiger partial charge in [-0.05, 0) is 25.1 Å². The maximum absolute atomic E-state index is 3.63. The van der Waals surface area contributed by atoms with Crippen molar-refractivity contribution < 1.29 is 0 Å². The Bertz CT molecular complexity index is 391. The van der Waals surface area contributed by atoms with E-state index in [2.05, 4.69) is 57.0 Å². The monoisotopic (exact) mass is 280 g/mol. The summed E-state index contributed by atoms with van der Waals surface area (Å²) in [5.74, 6) is 0. The first-order valence-electron chi connectivity index (χ1n) is 5.92. The molecule has 3 heteroatoms. The van der Waals surface area contributed by atoms with Crippen molar-refractivity contribution in [1.82, 2.24) is 9.80 Å². The van der Waals surface area contributed by atoms with E-state index < -0.39 is 0 Å². The van der Waals surface area contributed by atoms with E-state index in [-0.39, 0.29) is 0 Å². The van der Waals surface area contributed by atoms with Gasteiger partial charge in [0.2, 0.25) is 0 Å². The van der Waals surface area contributed by atoms with Crippen LogP contribution in [0.15, 0.2) is 28.7 Å². The van der Waals surface area contributed by atoms with Crippen molar-refractivity contribution in [2.24, 2.45) is 0 Å². The van der Waals surface area contributed by atoms with Crippen molar-refractivity contribution in [2.45, 2.75) is 25.0 Å². The highest BCUT2D eigenvalue weighted by Crippen LogP contribution is 2.31. The highest BCUT2D eigenvalue weighted by atomic mass is 79.9. The third kappa shape index (κ3) is 1.81. The first-order valence-corrected chi connectivity index (χ1v) is 6.71. The van der Waals surface area contributed by atoms with Gasteiger partial charge in [-0.15, -0.1) is 0 Å². The predicted molar refractivity (Wildman–Crippen MR) is 69.4 cm³/mol. The fourth-order valence-corrected chi connectivity index (χ4v) is 3.40. The van der Waals surface area contributed by atoms with Gasteiger partial charge in [-0.1, -0.05) is 34.1 Å². The van der Waals surface area contributed by atoms with Crippen LogP contribution in [0.25, 0.3) is 0 Å². The van der Waals surface area contributed by atoms with Crippen LogP contribution in [0.2, 0.25) is 0 Å². The van der Waals surface area contributed by atoms with Crippen LogP contribution >= 0.6 is 15.9 Å². The second-order valence-electron chi connectivity index (χ2n) is 5.00. The van der Waals surface area contributed by atoms with Crippen LogP contribution in [0.5, 0.6) is 0 Å². The number of hydrogen-bond donors (Lipinski definition) is 0. The first-order chi connectivity index (χ1) is 7.74. The summed E-state index contributed by atoms with van der Waals surface area (Å²) in [4.78, 5) is 5.13. The molecule has 86 valence electrons. The lowest BCUT2D eigenvalue weighted by atomic mass is 10.2. The summed E-state index contributed by atoms with van der Waals surface area (Å²) in [6.07, 6.45) is 1.36. The van der Waals surface area contributed by atoms with E-state index in [9.17, 15) is 0 Å². The lowest BCUT2D eigenvalue weighted by molar-refractivity contribution is 0.143. The number of likely N-dealkylation sites (N-methyl/N-ethyl adjacent to an activating group) is 1. The topological polar surface area (TPSA) is 6.48 Å². The van der Waals surface area contributed by atoms with Gasteiger partial charge >= 0.3 is 0 Å². The highest BCUT2D eigenvalue weighted by Gasteiger charge is 2.41. The predicted octanol–water partition coefficient (Wildman–Crippen LogP) is 2.34. The minimum Gasteiger partial charge on any atom is -0.301 e. The van der Waals surface area contributed by atoms with Crippen molar-refractivity contribution in [2.75, 3.05) is 20.1 Å². The molecule has 0 radical (unpaired) electrons. The Labute approximate surface area is 105 Å². The first kappa shape index (κ1) is 10.8. The van der Waals surface area contributed by atoms with Gasteiger partial charge in [0.05, 0.1) is 0 Å². The molecule has 0 spiro atoms. The molecule has 0 N–H and O–H groups in total. The standard InChI is InChI=1S/C13H17BrN2/c1-15-8-12-6-11(15)9-16(12)7-10-4-2-3-5-13(10)14/h2-5,11-12H,6-9H2,1H3. The molecule has 0 amide bonds. The lowest BCUT2D eigenvalue weighted by Crippen LogP contribution is -2.43. The zero-order chi connectivity index (χ0) is 11.1. The molecule has 2 saturated heterocycles. The van der Waals surface area contributed by atoms with Crippen LogP contribution < -0.4 is 0 Å². The van der Waals surface area contributed by atoms with E-state index in [4.69, 9.17) is 0 Å². The number of rotatable bonds is 2. The van der Waals surface area contributed by atoms with Gasteiger partial charge in [0, 0.05) is 36.2 Å². The van der Waals surface area contributed by atoms with E-state index in [1.807, 2.05) is 0 Å². The fourth-order valence-electron chi connectivity index (χ4n) is 2.99. The molecule has 2 fully saturated rings. The Morgan fingerprint density at radius 2 is 2.06 bits per heavy atom. The molecule has 2 aliphatic heterocycles. The summed E-state index contributed by atoms with van der Waals surface area (Å²) in [6, 6.07) is 10.1. The van der Waals surface area contributed by atoms with Crippen LogP contribution in [-0.4, -0.2) is 42.0 Å². The van der Waals surface area contributed by atoms with Crippen LogP contribution in [0.1, 0.15) is 12.0 Å². The fraction of sp³-hybridized carbons (Fsp3) is 0.538. The van der Waals surface area contributed by atoms with E-state index in [1.54, 1.807) is 0 Å². The van der Waals surface area contributed by atoms with Crippen molar-refractivity contribution in [3.05, 3.63) is 34.3 Å². The molecule has 0 aliphatic carbocycles. The van der Waals surface area contributed by atoms with Gasteiger partial charge in [0.1, 0.15) is 0 Å². The van der Waals surface area contributed by atoms with Gasteiger partial charge in [-0.2, -0.15) is 0 Å². The zero-order valence-corrected chi connectivity index (χ0v) is 11.2. The van der Waals surface area contributed by atoms with Gasteiger partial charge in [0.15, 0.2) is 0 Å². The highest BCUT2D eigenvalue weighted by molar-refractivity contribution is 9.10. The molecule has 16 heavy (non-hydrogen) atoms. The lowest BCUT2D eigenvalue weighted by Gasteiger charge is -2.32. The second kappa shape index (κ2) is 4.13. The van der Waals surface area contributed by atoms with Crippen LogP contribution in [0.3, 0.4) is 0 Å². The molecule has 1 aromatic carbocycles. The molecule has 2 aliphatic rings. The number of hydrogen-bond acceptors (Lipinski definition) is 2. The Morgan fingerprint density at radius 3 is 2.69 bits per heavy atom. The largest absolute Gasteiger partial charge is 0.301 e. The SMILES string of the molecule is CN1CC2CC1CN2Cc1ccccc1Br. The molecule has 0 aromatic heterocycles. The average molecular weight is 281 g/mol. The average Bonchev–Trinajstić information content (AvgIpc) is 2.80. The quantitative estimate of drug-likeness (QED) is 0.821. The molecule has 2 heterocycles. The summed E-state index contributed by atoms with van der Waals surface area (Å²) < 4.78 is 1.24. The molecule has 2 atom stereocenters. The normalized spacial score (nSPS) is 30.1. The summed E-state index contributed by atoms with van der Waals surface area (Å²) >= 11 is 3.63. The summed E-state index contributed by atoms with van der Waals surface area (Å²) in [5, 5.41) is 0. The molecule has 2 nitrogen and oxygen atoms in total. The number of nitrogens with zero attached hydrogens (tertiary/aromatic N) is 2. The van der Waals surface area contributed by atoms with E-state index in [1.165, 1.54) is 29.5 Å². The molecule has 2 bridgehead atoms. The van der Waals surface area contributed by atoms with Crippen molar-refractivity contribution >= 4 is 15.9 Å². The van der Waals surface area contributed by atoms with Gasteiger partial charge in [-0.25, -0.2) is 0 Å². The van der Waals surface area contributed by atoms with E-state index in [0.29, 0.717) is 0 Å². The summed E-state index contributed by atoms with van der Waals surface area (Å²) in [6.45, 7) is 3.58. The van der Waals surface area contributed by atoms with Crippen molar-refractivity contribution in [1.29, 1.82) is 0 Å². The van der Waals surface area contributed by atoms with Gasteiger partial charge in [-0.3, -0.25) is 4.90 Å². The van der Waals surface area contributed by atoms with Crippen molar-refractivity contribution in [3.63, 3.8) is 0 Å². The molecule has 2 unspecified atom stereocenters. The van der Waals surface area contributed by atoms with Crippen LogP contribution in [0.4, 0.5) is 0 Å². The molecule has 1 aromatic rings. The molecular formula is C13H17BrN2. The molecule has 3 rings (SSSR count). The summed E-state index contributed by atoms with van der Waals surface area (Å²) in [7, 11) is 2.25. The van der Waals surface area contributed by atoms with Crippen LogP contribution in [0, 0.1) is 0 Å². The minimum absolute atomic E-state index is 0.780. The van der Waals surface area contributed by atoms with Crippen molar-refractivity contribution in [3.8, 4) is 0 Å². The molecular weight excluding hydrogens is 264 g/mol. The zero-order valence-electron chi connectivity index (χ0n) is 9.56. The number of likely N-dealkylation sites (tertiary alicyclic amines) is 2. The summed E-state index contributed by atoms with van der Waals surface area (Å²) in [5.41, 5.74) is 1.41. The Hall–Kier alpha value is -0.380. The van der Waals surface area contributed by atoms with Gasteiger partial charge in [0.25, 0.3) is 0 Å². The second-order valence-corrected chi connectivity index (χ2v) is 5.86. The minimum atomic E-state index is 0.780. The maximum Gasteiger partial charge on any atom is 0.0249 e. The maximum atomic E-state index is 3.63. The van der Waals surface area contributed by atoms with E-state index >= 15 is 0 Å². The third-order valence-corrected chi connectivity index (χ3v) is 4.73.